The van der Waals surface area contributed by atoms with Gasteiger partial charge in [0.15, 0.2) is 0 Å². The Balaban J connectivity index is 1.58. The zero-order valence-electron chi connectivity index (χ0n) is 10.8. The molecule has 1 saturated carbocycles. The Morgan fingerprint density at radius 1 is 1.17 bits per heavy atom. The first-order valence-corrected chi connectivity index (χ1v) is 7.04. The molecular formula is C15H22N2O. The molecule has 1 aromatic carbocycles. The van der Waals surface area contributed by atoms with Crippen molar-refractivity contribution in [1.82, 2.24) is 0 Å². The molecule has 1 unspecified atom stereocenters. The quantitative estimate of drug-likeness (QED) is 0.886. The third kappa shape index (κ3) is 2.96. The van der Waals surface area contributed by atoms with Gasteiger partial charge in [-0.15, -0.1) is 0 Å². The number of anilines is 1. The molecule has 1 saturated heterocycles. The molecule has 2 aliphatic rings. The van der Waals surface area contributed by atoms with E-state index in [4.69, 9.17) is 10.5 Å². The molecule has 1 aliphatic heterocycles. The standard InChI is InChI=1S/C15H22N2O/c16-13-2-1-9-17(10-13)14-5-7-15(8-6-14)18-11-12-3-4-12/h5-8,12-13H,1-4,9-11,16H2. The van der Waals surface area contributed by atoms with Crippen molar-refractivity contribution in [3.8, 4) is 5.75 Å². The summed E-state index contributed by atoms with van der Waals surface area (Å²) in [5.74, 6) is 1.80. The molecule has 3 heteroatoms. The first-order valence-electron chi connectivity index (χ1n) is 7.04. The fourth-order valence-corrected chi connectivity index (χ4v) is 2.50. The zero-order valence-corrected chi connectivity index (χ0v) is 10.8. The first-order chi connectivity index (χ1) is 8.81. The lowest BCUT2D eigenvalue weighted by Crippen LogP contribution is -2.42. The van der Waals surface area contributed by atoms with Crippen LogP contribution in [0, 0.1) is 5.92 Å². The molecule has 2 N–H and O–H groups in total. The molecule has 1 aromatic rings. The van der Waals surface area contributed by atoms with Gasteiger partial charge in [-0.05, 0) is 55.9 Å². The average Bonchev–Trinajstić information content (AvgIpc) is 3.21. The largest absolute Gasteiger partial charge is 0.493 e. The van der Waals surface area contributed by atoms with Crippen LogP contribution in [0.15, 0.2) is 24.3 Å². The van der Waals surface area contributed by atoms with E-state index in [1.165, 1.54) is 24.9 Å². The van der Waals surface area contributed by atoms with Gasteiger partial charge in [-0.2, -0.15) is 0 Å². The van der Waals surface area contributed by atoms with Gasteiger partial charge in [-0.1, -0.05) is 0 Å². The number of nitrogens with zero attached hydrogens (tertiary/aromatic N) is 1. The van der Waals surface area contributed by atoms with E-state index in [0.29, 0.717) is 6.04 Å². The second-order valence-electron chi connectivity index (χ2n) is 5.60. The number of nitrogens with two attached hydrogens (primary N) is 1. The maximum absolute atomic E-state index is 6.01. The van der Waals surface area contributed by atoms with Gasteiger partial charge in [0.05, 0.1) is 6.61 Å². The van der Waals surface area contributed by atoms with Crippen molar-refractivity contribution in [2.24, 2.45) is 11.7 Å². The van der Waals surface area contributed by atoms with Gasteiger partial charge in [-0.3, -0.25) is 0 Å². The SMILES string of the molecule is NC1CCCN(c2ccc(OCC3CC3)cc2)C1. The number of ether oxygens (including phenoxy) is 1. The minimum atomic E-state index is 0.324. The molecule has 3 nitrogen and oxygen atoms in total. The highest BCUT2D eigenvalue weighted by Crippen LogP contribution is 2.30. The molecule has 18 heavy (non-hydrogen) atoms. The normalized spacial score (nSPS) is 24.1. The molecule has 0 amide bonds. The number of piperidine rings is 1. The number of rotatable bonds is 4. The minimum Gasteiger partial charge on any atom is -0.493 e. The van der Waals surface area contributed by atoms with Crippen LogP contribution in [0.5, 0.6) is 5.75 Å². The summed E-state index contributed by atoms with van der Waals surface area (Å²) >= 11 is 0. The lowest BCUT2D eigenvalue weighted by atomic mass is 10.1. The minimum absolute atomic E-state index is 0.324. The van der Waals surface area contributed by atoms with Crippen LogP contribution in [-0.4, -0.2) is 25.7 Å². The van der Waals surface area contributed by atoms with E-state index >= 15 is 0 Å². The average molecular weight is 246 g/mol. The van der Waals surface area contributed by atoms with E-state index in [9.17, 15) is 0 Å². The Kier molecular flexibility index (Phi) is 3.41. The van der Waals surface area contributed by atoms with Gasteiger partial charge in [0.1, 0.15) is 5.75 Å². The van der Waals surface area contributed by atoms with E-state index in [1.54, 1.807) is 0 Å². The maximum atomic E-state index is 6.01. The van der Waals surface area contributed by atoms with Gasteiger partial charge in [-0.25, -0.2) is 0 Å². The monoisotopic (exact) mass is 246 g/mol. The third-order valence-electron chi connectivity index (χ3n) is 3.84. The predicted molar refractivity (Wildman–Crippen MR) is 74.1 cm³/mol. The Morgan fingerprint density at radius 3 is 2.61 bits per heavy atom. The highest BCUT2D eigenvalue weighted by Gasteiger charge is 2.22. The summed E-state index contributed by atoms with van der Waals surface area (Å²) in [6.07, 6.45) is 5.02. The van der Waals surface area contributed by atoms with Crippen molar-refractivity contribution >= 4 is 5.69 Å². The Hall–Kier alpha value is -1.22. The summed E-state index contributed by atoms with van der Waals surface area (Å²) in [5, 5.41) is 0. The molecule has 0 bridgehead atoms. The van der Waals surface area contributed by atoms with Crippen molar-refractivity contribution in [2.45, 2.75) is 31.7 Å². The van der Waals surface area contributed by atoms with Crippen LogP contribution in [0.25, 0.3) is 0 Å². The van der Waals surface area contributed by atoms with Crippen LogP contribution in [0.4, 0.5) is 5.69 Å². The zero-order chi connectivity index (χ0) is 12.4. The van der Waals surface area contributed by atoms with Gasteiger partial charge in [0.25, 0.3) is 0 Å². The fraction of sp³-hybridized carbons (Fsp3) is 0.600. The summed E-state index contributed by atoms with van der Waals surface area (Å²) in [6, 6.07) is 8.79. The van der Waals surface area contributed by atoms with Crippen molar-refractivity contribution < 1.29 is 4.74 Å². The van der Waals surface area contributed by atoms with E-state index < -0.39 is 0 Å². The van der Waals surface area contributed by atoms with Crippen molar-refractivity contribution in [2.75, 3.05) is 24.6 Å². The maximum Gasteiger partial charge on any atom is 0.119 e. The number of hydrogen-bond donors (Lipinski definition) is 1. The highest BCUT2D eigenvalue weighted by atomic mass is 16.5. The highest BCUT2D eigenvalue weighted by molar-refractivity contribution is 5.49. The van der Waals surface area contributed by atoms with E-state index in [-0.39, 0.29) is 0 Å². The molecule has 2 fully saturated rings. The van der Waals surface area contributed by atoms with Crippen LogP contribution < -0.4 is 15.4 Å². The smallest absolute Gasteiger partial charge is 0.119 e. The van der Waals surface area contributed by atoms with Crippen LogP contribution in [0.3, 0.4) is 0 Å². The summed E-state index contributed by atoms with van der Waals surface area (Å²) in [5.41, 5.74) is 7.28. The van der Waals surface area contributed by atoms with Crippen LogP contribution in [-0.2, 0) is 0 Å². The van der Waals surface area contributed by atoms with Gasteiger partial charge >= 0.3 is 0 Å². The van der Waals surface area contributed by atoms with Crippen LogP contribution >= 0.6 is 0 Å². The lowest BCUT2D eigenvalue weighted by molar-refractivity contribution is 0.300. The van der Waals surface area contributed by atoms with E-state index in [0.717, 1.165) is 37.8 Å². The van der Waals surface area contributed by atoms with Gasteiger partial charge in [0, 0.05) is 24.8 Å². The second kappa shape index (κ2) is 5.19. The predicted octanol–water partition coefficient (Wildman–Crippen LogP) is 2.40. The third-order valence-corrected chi connectivity index (χ3v) is 3.84. The summed E-state index contributed by atoms with van der Waals surface area (Å²) < 4.78 is 5.75. The van der Waals surface area contributed by atoms with Crippen molar-refractivity contribution in [1.29, 1.82) is 0 Å². The lowest BCUT2D eigenvalue weighted by Gasteiger charge is -2.32. The number of benzene rings is 1. The topological polar surface area (TPSA) is 38.5 Å². The summed E-state index contributed by atoms with van der Waals surface area (Å²) in [6.45, 7) is 2.98. The Morgan fingerprint density at radius 2 is 1.94 bits per heavy atom. The number of hydrogen-bond acceptors (Lipinski definition) is 3. The van der Waals surface area contributed by atoms with Crippen LogP contribution in [0.2, 0.25) is 0 Å². The molecular weight excluding hydrogens is 224 g/mol. The van der Waals surface area contributed by atoms with Crippen LogP contribution in [0.1, 0.15) is 25.7 Å². The molecule has 0 aromatic heterocycles. The first kappa shape index (κ1) is 11.8. The molecule has 0 radical (unpaired) electrons. The molecule has 1 atom stereocenters. The van der Waals surface area contributed by atoms with Gasteiger partial charge < -0.3 is 15.4 Å². The molecule has 3 rings (SSSR count). The second-order valence-corrected chi connectivity index (χ2v) is 5.60. The molecule has 0 spiro atoms. The molecule has 1 heterocycles. The van der Waals surface area contributed by atoms with E-state index in [1.807, 2.05) is 0 Å². The Bertz CT molecular complexity index is 386. The Labute approximate surface area is 109 Å². The van der Waals surface area contributed by atoms with E-state index in [2.05, 4.69) is 29.2 Å². The molecule has 98 valence electrons. The fourth-order valence-electron chi connectivity index (χ4n) is 2.50. The van der Waals surface area contributed by atoms with Gasteiger partial charge in [0.2, 0.25) is 0 Å². The summed E-state index contributed by atoms with van der Waals surface area (Å²) in [7, 11) is 0. The van der Waals surface area contributed by atoms with Crippen molar-refractivity contribution in [3.63, 3.8) is 0 Å². The molecule has 1 aliphatic carbocycles. The van der Waals surface area contributed by atoms with Crippen molar-refractivity contribution in [3.05, 3.63) is 24.3 Å². The summed E-state index contributed by atoms with van der Waals surface area (Å²) in [4.78, 5) is 2.37.